The molecule has 0 aliphatic rings. The van der Waals surface area contributed by atoms with Gasteiger partial charge < -0.3 is 19.3 Å². The molecule has 0 bridgehead atoms. The van der Waals surface area contributed by atoms with E-state index in [-0.39, 0.29) is 0 Å². The van der Waals surface area contributed by atoms with Crippen LogP contribution in [0.15, 0.2) is 27.5 Å². The van der Waals surface area contributed by atoms with Crippen LogP contribution in [0.25, 0.3) is 0 Å². The zero-order valence-electron chi connectivity index (χ0n) is 10.6. The van der Waals surface area contributed by atoms with Gasteiger partial charge in [0.1, 0.15) is 0 Å². The highest BCUT2D eigenvalue weighted by molar-refractivity contribution is 9.10. The van der Waals surface area contributed by atoms with Gasteiger partial charge >= 0.3 is 0 Å². The van der Waals surface area contributed by atoms with Crippen LogP contribution in [-0.2, 0) is 13.1 Å². The third-order valence-corrected chi connectivity index (χ3v) is 3.30. The van der Waals surface area contributed by atoms with Gasteiger partial charge in [0.2, 0.25) is 6.39 Å². The van der Waals surface area contributed by atoms with Crippen molar-refractivity contribution in [3.8, 4) is 11.5 Å². The fourth-order valence-electron chi connectivity index (χ4n) is 1.61. The molecule has 1 N–H and O–H groups in total. The van der Waals surface area contributed by atoms with Crippen LogP contribution in [0.3, 0.4) is 0 Å². The number of ether oxygens (including phenoxy) is 2. The van der Waals surface area contributed by atoms with Crippen LogP contribution in [0.1, 0.15) is 11.4 Å². The topological polar surface area (TPSA) is 69.4 Å². The van der Waals surface area contributed by atoms with Gasteiger partial charge in [-0.05, 0) is 17.7 Å². The molecule has 0 unspecified atom stereocenters. The molecule has 102 valence electrons. The lowest BCUT2D eigenvalue weighted by Crippen LogP contribution is -2.14. The number of hydrogen-bond donors (Lipinski definition) is 1. The van der Waals surface area contributed by atoms with E-state index in [4.69, 9.17) is 9.47 Å². The van der Waals surface area contributed by atoms with Gasteiger partial charge in [-0.15, -0.1) is 0 Å². The highest BCUT2D eigenvalue weighted by Crippen LogP contribution is 2.33. The average Bonchev–Trinajstić information content (AvgIpc) is 2.93. The Labute approximate surface area is 119 Å². The lowest BCUT2D eigenvalue weighted by Gasteiger charge is -2.12. The first kappa shape index (κ1) is 13.8. The van der Waals surface area contributed by atoms with Gasteiger partial charge in [-0.3, -0.25) is 0 Å². The van der Waals surface area contributed by atoms with Crippen LogP contribution in [0, 0.1) is 0 Å². The van der Waals surface area contributed by atoms with E-state index in [1.54, 1.807) is 14.2 Å². The number of benzene rings is 1. The van der Waals surface area contributed by atoms with Crippen molar-refractivity contribution >= 4 is 15.9 Å². The van der Waals surface area contributed by atoms with Crippen LogP contribution in [0.4, 0.5) is 0 Å². The number of hydrogen-bond acceptors (Lipinski definition) is 6. The molecule has 0 saturated heterocycles. The predicted octanol–water partition coefficient (Wildman–Crippen LogP) is 2.14. The van der Waals surface area contributed by atoms with Gasteiger partial charge in [-0.25, -0.2) is 0 Å². The number of nitrogens with zero attached hydrogens (tertiary/aromatic N) is 2. The first-order chi connectivity index (χ1) is 9.24. The Morgan fingerprint density at radius 3 is 2.58 bits per heavy atom. The molecule has 0 saturated carbocycles. The minimum atomic E-state index is 0.539. The van der Waals surface area contributed by atoms with Gasteiger partial charge in [0.15, 0.2) is 17.3 Å². The first-order valence-electron chi connectivity index (χ1n) is 5.61. The molecule has 0 radical (unpaired) electrons. The second kappa shape index (κ2) is 6.53. The summed E-state index contributed by atoms with van der Waals surface area (Å²) in [6.45, 7) is 1.19. The molecule has 0 spiro atoms. The monoisotopic (exact) mass is 327 g/mol. The number of nitrogens with one attached hydrogen (secondary N) is 1. The number of methoxy groups -OCH3 is 2. The molecular formula is C12H14BrN3O3. The molecule has 0 aliphatic carbocycles. The van der Waals surface area contributed by atoms with Crippen LogP contribution in [-0.4, -0.2) is 24.4 Å². The lowest BCUT2D eigenvalue weighted by molar-refractivity contribution is 0.354. The molecular weight excluding hydrogens is 314 g/mol. The van der Waals surface area contributed by atoms with E-state index >= 15 is 0 Å². The van der Waals surface area contributed by atoms with E-state index in [2.05, 4.69) is 35.9 Å². The second-order valence-electron chi connectivity index (χ2n) is 3.75. The smallest absolute Gasteiger partial charge is 0.213 e. The van der Waals surface area contributed by atoms with Crippen LogP contribution >= 0.6 is 15.9 Å². The van der Waals surface area contributed by atoms with Crippen molar-refractivity contribution in [2.75, 3.05) is 14.2 Å². The third-order valence-electron chi connectivity index (χ3n) is 2.56. The van der Waals surface area contributed by atoms with Crippen molar-refractivity contribution in [3.63, 3.8) is 0 Å². The maximum atomic E-state index is 5.27. The summed E-state index contributed by atoms with van der Waals surface area (Å²) in [7, 11) is 3.22. The summed E-state index contributed by atoms with van der Waals surface area (Å²) in [5.74, 6) is 2.01. The van der Waals surface area contributed by atoms with E-state index < -0.39 is 0 Å². The van der Waals surface area contributed by atoms with Gasteiger partial charge in [-0.2, -0.15) is 4.98 Å². The Balaban J connectivity index is 2.03. The number of halogens is 1. The summed E-state index contributed by atoms with van der Waals surface area (Å²) in [4.78, 5) is 3.93. The number of rotatable bonds is 6. The minimum absolute atomic E-state index is 0.539. The summed E-state index contributed by atoms with van der Waals surface area (Å²) in [5, 5.41) is 6.95. The summed E-state index contributed by atoms with van der Waals surface area (Å²) in [5.41, 5.74) is 1.06. The molecule has 1 aromatic heterocycles. The fraction of sp³-hybridized carbons (Fsp3) is 0.333. The molecule has 1 heterocycles. The Hall–Kier alpha value is -1.60. The van der Waals surface area contributed by atoms with Crippen molar-refractivity contribution < 1.29 is 14.0 Å². The van der Waals surface area contributed by atoms with Gasteiger partial charge in [0.25, 0.3) is 0 Å². The Bertz CT molecular complexity index is 531. The standard InChI is InChI=1S/C12H14BrN3O3/c1-17-10-3-8(9(13)4-11(10)18-2)5-14-6-12-15-7-19-16-12/h3-4,7,14H,5-6H2,1-2H3. The van der Waals surface area contributed by atoms with Gasteiger partial charge in [0.05, 0.1) is 20.8 Å². The highest BCUT2D eigenvalue weighted by atomic mass is 79.9. The largest absolute Gasteiger partial charge is 0.493 e. The lowest BCUT2D eigenvalue weighted by atomic mass is 10.2. The maximum absolute atomic E-state index is 5.27. The quantitative estimate of drug-likeness (QED) is 0.876. The van der Waals surface area contributed by atoms with E-state index in [0.29, 0.717) is 30.4 Å². The SMILES string of the molecule is COc1cc(Br)c(CNCc2ncon2)cc1OC. The van der Waals surface area contributed by atoms with Crippen molar-refractivity contribution in [1.29, 1.82) is 0 Å². The Morgan fingerprint density at radius 1 is 1.21 bits per heavy atom. The van der Waals surface area contributed by atoms with Crippen molar-refractivity contribution in [2.45, 2.75) is 13.1 Å². The van der Waals surface area contributed by atoms with Crippen molar-refractivity contribution in [2.24, 2.45) is 0 Å². The summed E-state index contributed by atoms with van der Waals surface area (Å²) in [6.07, 6.45) is 1.31. The third kappa shape index (κ3) is 3.45. The van der Waals surface area contributed by atoms with Gasteiger partial charge in [0, 0.05) is 11.0 Å². The average molecular weight is 328 g/mol. The summed E-state index contributed by atoms with van der Waals surface area (Å²) >= 11 is 3.50. The van der Waals surface area contributed by atoms with E-state index in [1.807, 2.05) is 12.1 Å². The fourth-order valence-corrected chi connectivity index (χ4v) is 2.07. The summed E-state index contributed by atoms with van der Waals surface area (Å²) < 4.78 is 16.1. The zero-order chi connectivity index (χ0) is 13.7. The molecule has 6 nitrogen and oxygen atoms in total. The van der Waals surface area contributed by atoms with E-state index in [0.717, 1.165) is 10.0 Å². The Morgan fingerprint density at radius 2 is 1.95 bits per heavy atom. The van der Waals surface area contributed by atoms with Crippen LogP contribution in [0.5, 0.6) is 11.5 Å². The van der Waals surface area contributed by atoms with E-state index in [9.17, 15) is 0 Å². The predicted molar refractivity (Wildman–Crippen MR) is 72.1 cm³/mol. The van der Waals surface area contributed by atoms with Crippen LogP contribution < -0.4 is 14.8 Å². The normalized spacial score (nSPS) is 10.5. The van der Waals surface area contributed by atoms with Crippen molar-refractivity contribution in [1.82, 2.24) is 15.5 Å². The zero-order valence-corrected chi connectivity index (χ0v) is 12.2. The number of aromatic nitrogens is 2. The van der Waals surface area contributed by atoms with Gasteiger partial charge in [-0.1, -0.05) is 21.1 Å². The molecule has 7 heteroatoms. The molecule has 0 amide bonds. The Kier molecular flexibility index (Phi) is 4.75. The highest BCUT2D eigenvalue weighted by Gasteiger charge is 2.09. The first-order valence-corrected chi connectivity index (χ1v) is 6.40. The molecule has 19 heavy (non-hydrogen) atoms. The molecule has 1 aromatic carbocycles. The molecule has 0 aliphatic heterocycles. The van der Waals surface area contributed by atoms with Crippen LogP contribution in [0.2, 0.25) is 0 Å². The molecule has 2 aromatic rings. The molecule has 0 atom stereocenters. The second-order valence-corrected chi connectivity index (χ2v) is 4.60. The van der Waals surface area contributed by atoms with E-state index in [1.165, 1.54) is 6.39 Å². The summed E-state index contributed by atoms with van der Waals surface area (Å²) in [6, 6.07) is 3.80. The van der Waals surface area contributed by atoms with Crippen molar-refractivity contribution in [3.05, 3.63) is 34.4 Å². The molecule has 0 fully saturated rings. The minimum Gasteiger partial charge on any atom is -0.493 e. The maximum Gasteiger partial charge on any atom is 0.213 e. The molecule has 2 rings (SSSR count).